The summed E-state index contributed by atoms with van der Waals surface area (Å²) in [4.78, 5) is 36.8. The minimum absolute atomic E-state index is 0.118. The molecule has 3 amide bonds. The summed E-state index contributed by atoms with van der Waals surface area (Å²) in [6, 6.07) is 9.31. The van der Waals surface area contributed by atoms with Crippen LogP contribution in [-0.2, 0) is 20.9 Å². The number of likely N-dealkylation sites (tertiary alicyclic amines) is 1. The lowest BCUT2D eigenvalue weighted by Crippen LogP contribution is -2.49. The fourth-order valence-electron chi connectivity index (χ4n) is 2.66. The molecule has 0 bridgehead atoms. The maximum Gasteiger partial charge on any atom is 0.410 e. The molecule has 8 nitrogen and oxygen atoms in total. The van der Waals surface area contributed by atoms with Gasteiger partial charge in [-0.05, 0) is 18.4 Å². The zero-order chi connectivity index (χ0) is 18.2. The van der Waals surface area contributed by atoms with E-state index in [1.165, 1.54) is 4.90 Å². The first-order valence-electron chi connectivity index (χ1n) is 7.97. The van der Waals surface area contributed by atoms with Crippen molar-refractivity contribution in [3.05, 3.63) is 35.9 Å². The third kappa shape index (κ3) is 5.21. The summed E-state index contributed by atoms with van der Waals surface area (Å²) in [5, 5.41) is 11.4. The summed E-state index contributed by atoms with van der Waals surface area (Å²) < 4.78 is 5.26. The van der Waals surface area contributed by atoms with Crippen LogP contribution in [-0.4, -0.2) is 41.4 Å². The number of benzene rings is 1. The number of nitriles is 1. The van der Waals surface area contributed by atoms with Crippen molar-refractivity contribution in [2.75, 3.05) is 6.54 Å². The third-order valence-corrected chi connectivity index (χ3v) is 3.87. The summed E-state index contributed by atoms with van der Waals surface area (Å²) in [5.74, 6) is -1.17. The van der Waals surface area contributed by atoms with Gasteiger partial charge in [-0.3, -0.25) is 14.5 Å². The van der Waals surface area contributed by atoms with Crippen molar-refractivity contribution in [2.24, 2.45) is 5.73 Å². The summed E-state index contributed by atoms with van der Waals surface area (Å²) in [5.41, 5.74) is 5.89. The summed E-state index contributed by atoms with van der Waals surface area (Å²) in [7, 11) is 0. The van der Waals surface area contributed by atoms with Crippen molar-refractivity contribution in [3.8, 4) is 6.07 Å². The SMILES string of the molecule is N#C[C@H](CC(N)=O)NC(=O)[C@@H]1CCCN1C(=O)OCc1ccccc1. The molecule has 1 fully saturated rings. The highest BCUT2D eigenvalue weighted by Crippen LogP contribution is 2.19. The number of carbonyl (C=O) groups is 3. The van der Waals surface area contributed by atoms with Gasteiger partial charge in [0.05, 0.1) is 12.5 Å². The largest absolute Gasteiger partial charge is 0.445 e. The monoisotopic (exact) mass is 344 g/mol. The highest BCUT2D eigenvalue weighted by atomic mass is 16.6. The van der Waals surface area contributed by atoms with Crippen molar-refractivity contribution < 1.29 is 19.1 Å². The average Bonchev–Trinajstić information content (AvgIpc) is 3.09. The molecule has 0 spiro atoms. The summed E-state index contributed by atoms with van der Waals surface area (Å²) in [6.07, 6.45) is 0.282. The van der Waals surface area contributed by atoms with Crippen LogP contribution in [0.1, 0.15) is 24.8 Å². The Hall–Kier alpha value is -3.08. The van der Waals surface area contributed by atoms with E-state index in [1.54, 1.807) is 0 Å². The molecule has 2 rings (SSSR count). The zero-order valence-corrected chi connectivity index (χ0v) is 13.7. The number of carbonyl (C=O) groups excluding carboxylic acids is 3. The molecule has 0 aromatic heterocycles. The van der Waals surface area contributed by atoms with Gasteiger partial charge >= 0.3 is 6.09 Å². The second-order valence-corrected chi connectivity index (χ2v) is 5.75. The summed E-state index contributed by atoms with van der Waals surface area (Å²) >= 11 is 0. The van der Waals surface area contributed by atoms with Crippen LogP contribution in [0, 0.1) is 11.3 Å². The lowest BCUT2D eigenvalue weighted by Gasteiger charge is -2.24. The number of hydrogen-bond acceptors (Lipinski definition) is 5. The van der Waals surface area contributed by atoms with E-state index >= 15 is 0 Å². The zero-order valence-electron chi connectivity index (χ0n) is 13.7. The molecule has 8 heteroatoms. The Bertz CT molecular complexity index is 671. The van der Waals surface area contributed by atoms with Crippen molar-refractivity contribution in [1.82, 2.24) is 10.2 Å². The molecule has 1 aromatic carbocycles. The molecule has 1 aromatic rings. The first-order chi connectivity index (χ1) is 12.0. The quantitative estimate of drug-likeness (QED) is 0.784. The number of amides is 3. The molecule has 0 aliphatic carbocycles. The van der Waals surface area contributed by atoms with Gasteiger partial charge in [0.2, 0.25) is 11.8 Å². The summed E-state index contributed by atoms with van der Waals surface area (Å²) in [6.45, 7) is 0.520. The molecule has 2 atom stereocenters. The van der Waals surface area contributed by atoms with E-state index in [0.29, 0.717) is 19.4 Å². The second kappa shape index (κ2) is 8.68. The van der Waals surface area contributed by atoms with Crippen LogP contribution in [0.4, 0.5) is 4.79 Å². The molecule has 25 heavy (non-hydrogen) atoms. The van der Waals surface area contributed by atoms with Crippen LogP contribution in [0.5, 0.6) is 0 Å². The van der Waals surface area contributed by atoms with Gasteiger partial charge in [-0.1, -0.05) is 30.3 Å². The van der Waals surface area contributed by atoms with Crippen LogP contribution in [0.3, 0.4) is 0 Å². The number of nitrogens with two attached hydrogens (primary N) is 1. The van der Waals surface area contributed by atoms with Crippen molar-refractivity contribution >= 4 is 17.9 Å². The van der Waals surface area contributed by atoms with E-state index in [9.17, 15) is 14.4 Å². The van der Waals surface area contributed by atoms with Gasteiger partial charge < -0.3 is 15.8 Å². The first kappa shape index (κ1) is 18.3. The highest BCUT2D eigenvalue weighted by Gasteiger charge is 2.36. The van der Waals surface area contributed by atoms with Crippen LogP contribution in [0.25, 0.3) is 0 Å². The molecule has 0 radical (unpaired) electrons. The third-order valence-electron chi connectivity index (χ3n) is 3.87. The van der Waals surface area contributed by atoms with Gasteiger partial charge in [0.25, 0.3) is 0 Å². The van der Waals surface area contributed by atoms with Gasteiger partial charge in [0.15, 0.2) is 0 Å². The second-order valence-electron chi connectivity index (χ2n) is 5.75. The molecule has 132 valence electrons. The number of ether oxygens (including phenoxy) is 1. The van der Waals surface area contributed by atoms with Gasteiger partial charge in [0.1, 0.15) is 18.7 Å². The van der Waals surface area contributed by atoms with Crippen molar-refractivity contribution in [1.29, 1.82) is 5.26 Å². The molecule has 0 saturated carbocycles. The van der Waals surface area contributed by atoms with Crippen molar-refractivity contribution in [3.63, 3.8) is 0 Å². The Morgan fingerprint density at radius 2 is 2.08 bits per heavy atom. The molecule has 1 saturated heterocycles. The molecular formula is C17H20N4O4. The van der Waals surface area contributed by atoms with Gasteiger partial charge in [-0.25, -0.2) is 4.79 Å². The van der Waals surface area contributed by atoms with E-state index in [2.05, 4.69) is 5.32 Å². The molecular weight excluding hydrogens is 324 g/mol. The maximum atomic E-state index is 12.3. The lowest BCUT2D eigenvalue weighted by atomic mass is 10.1. The Labute approximate surface area is 145 Å². The number of nitrogens with zero attached hydrogens (tertiary/aromatic N) is 2. The van der Waals surface area contributed by atoms with E-state index in [0.717, 1.165) is 5.56 Å². The molecule has 1 aliphatic rings. The average molecular weight is 344 g/mol. The van der Waals surface area contributed by atoms with E-state index in [1.807, 2.05) is 36.4 Å². The van der Waals surface area contributed by atoms with Gasteiger partial charge in [0, 0.05) is 6.54 Å². The normalized spacial score (nSPS) is 17.4. The Morgan fingerprint density at radius 1 is 1.36 bits per heavy atom. The maximum absolute atomic E-state index is 12.3. The highest BCUT2D eigenvalue weighted by molar-refractivity contribution is 5.87. The van der Waals surface area contributed by atoms with E-state index in [-0.39, 0.29) is 13.0 Å². The van der Waals surface area contributed by atoms with Gasteiger partial charge in [-0.2, -0.15) is 5.26 Å². The van der Waals surface area contributed by atoms with Crippen LogP contribution >= 0.6 is 0 Å². The molecule has 0 unspecified atom stereocenters. The fraction of sp³-hybridized carbons (Fsp3) is 0.412. The number of rotatable bonds is 6. The van der Waals surface area contributed by atoms with E-state index in [4.69, 9.17) is 15.7 Å². The lowest BCUT2D eigenvalue weighted by molar-refractivity contribution is -0.125. The predicted octanol–water partition coefficient (Wildman–Crippen LogP) is 0.671. The smallest absolute Gasteiger partial charge is 0.410 e. The Balaban J connectivity index is 1.92. The van der Waals surface area contributed by atoms with E-state index < -0.39 is 30.0 Å². The van der Waals surface area contributed by atoms with Crippen LogP contribution in [0.2, 0.25) is 0 Å². The first-order valence-corrected chi connectivity index (χ1v) is 7.97. The number of primary amides is 1. The number of hydrogen-bond donors (Lipinski definition) is 2. The topological polar surface area (TPSA) is 126 Å². The predicted molar refractivity (Wildman–Crippen MR) is 87.7 cm³/mol. The molecule has 1 heterocycles. The van der Waals surface area contributed by atoms with Gasteiger partial charge in [-0.15, -0.1) is 0 Å². The van der Waals surface area contributed by atoms with Crippen molar-refractivity contribution in [2.45, 2.75) is 38.0 Å². The van der Waals surface area contributed by atoms with Crippen LogP contribution < -0.4 is 11.1 Å². The van der Waals surface area contributed by atoms with Crippen LogP contribution in [0.15, 0.2) is 30.3 Å². The number of nitrogens with one attached hydrogen (secondary N) is 1. The molecule has 1 aliphatic heterocycles. The molecule has 3 N–H and O–H groups in total. The Kier molecular flexibility index (Phi) is 6.34. The fourth-order valence-corrected chi connectivity index (χ4v) is 2.66. The standard InChI is InChI=1S/C17H20N4O4/c18-10-13(9-15(19)22)20-16(23)14-7-4-8-21(14)17(24)25-11-12-5-2-1-3-6-12/h1-3,5-6,13-14H,4,7-9,11H2,(H2,19,22)(H,20,23)/t13-,14-/m0/s1. The minimum atomic E-state index is -1.01. The minimum Gasteiger partial charge on any atom is -0.445 e. The Morgan fingerprint density at radius 3 is 2.72 bits per heavy atom.